The van der Waals surface area contributed by atoms with Crippen molar-refractivity contribution in [1.29, 1.82) is 0 Å². The fourth-order valence-electron chi connectivity index (χ4n) is 1.71. The van der Waals surface area contributed by atoms with E-state index in [9.17, 15) is 9.59 Å². The number of aliphatic carboxylic acids is 1. The lowest BCUT2D eigenvalue weighted by Gasteiger charge is -2.10. The summed E-state index contributed by atoms with van der Waals surface area (Å²) >= 11 is 0. The first-order valence-electron chi connectivity index (χ1n) is 4.93. The van der Waals surface area contributed by atoms with Crippen molar-refractivity contribution < 1.29 is 9.90 Å². The van der Waals surface area contributed by atoms with Gasteiger partial charge in [-0.1, -0.05) is 6.92 Å². The maximum Gasteiger partial charge on any atom is 0.328 e. The Bertz CT molecular complexity index is 584. The van der Waals surface area contributed by atoms with Crippen molar-refractivity contribution in [2.75, 3.05) is 0 Å². The Kier molecular flexibility index (Phi) is 2.47. The highest BCUT2D eigenvalue weighted by Gasteiger charge is 2.22. The van der Waals surface area contributed by atoms with Gasteiger partial charge in [0.15, 0.2) is 5.65 Å². The van der Waals surface area contributed by atoms with Crippen LogP contribution in [0, 0.1) is 0 Å². The van der Waals surface area contributed by atoms with Crippen LogP contribution in [0.15, 0.2) is 23.1 Å². The smallest absolute Gasteiger partial charge is 0.328 e. The normalized spacial score (nSPS) is 12.8. The van der Waals surface area contributed by atoms with E-state index in [4.69, 9.17) is 5.11 Å². The topological polar surface area (TPSA) is 88.0 Å². The van der Waals surface area contributed by atoms with E-state index >= 15 is 0 Å². The minimum absolute atomic E-state index is 0.332. The summed E-state index contributed by atoms with van der Waals surface area (Å²) in [6.07, 6.45) is 1.86. The molecule has 1 unspecified atom stereocenters. The summed E-state index contributed by atoms with van der Waals surface area (Å²) in [7, 11) is 0. The van der Waals surface area contributed by atoms with Crippen LogP contribution < -0.4 is 5.69 Å². The molecule has 0 saturated carbocycles. The van der Waals surface area contributed by atoms with E-state index in [-0.39, 0.29) is 0 Å². The van der Waals surface area contributed by atoms with E-state index < -0.39 is 17.7 Å². The molecule has 2 rings (SSSR count). The average Bonchev–Trinajstić information content (AvgIpc) is 2.57. The SMILES string of the molecule is CCC(C(=O)O)n1c(=O)[nH]c2cccnc21. The van der Waals surface area contributed by atoms with Gasteiger partial charge in [-0.25, -0.2) is 14.6 Å². The molecule has 0 aliphatic heterocycles. The third kappa shape index (κ3) is 1.48. The third-order valence-electron chi connectivity index (χ3n) is 2.46. The van der Waals surface area contributed by atoms with Crippen molar-refractivity contribution in [3.05, 3.63) is 28.8 Å². The molecular weight excluding hydrogens is 210 g/mol. The highest BCUT2D eigenvalue weighted by Crippen LogP contribution is 2.15. The van der Waals surface area contributed by atoms with Crippen molar-refractivity contribution >= 4 is 17.1 Å². The average molecular weight is 221 g/mol. The number of carbonyl (C=O) groups is 1. The second-order valence-electron chi connectivity index (χ2n) is 3.44. The van der Waals surface area contributed by atoms with Gasteiger partial charge in [0, 0.05) is 6.20 Å². The second-order valence-corrected chi connectivity index (χ2v) is 3.44. The molecule has 0 amide bonds. The number of H-pyrrole nitrogens is 1. The molecule has 0 radical (unpaired) electrons. The Labute approximate surface area is 90.5 Å². The molecule has 84 valence electrons. The molecule has 6 nitrogen and oxygen atoms in total. The molecule has 6 heteroatoms. The highest BCUT2D eigenvalue weighted by atomic mass is 16.4. The molecule has 0 spiro atoms. The van der Waals surface area contributed by atoms with Crippen LogP contribution in [0.2, 0.25) is 0 Å². The van der Waals surface area contributed by atoms with Crippen LogP contribution in [0.3, 0.4) is 0 Å². The van der Waals surface area contributed by atoms with Gasteiger partial charge < -0.3 is 10.1 Å². The number of aromatic amines is 1. The van der Waals surface area contributed by atoms with Crippen molar-refractivity contribution in [1.82, 2.24) is 14.5 Å². The minimum atomic E-state index is -1.03. The van der Waals surface area contributed by atoms with Gasteiger partial charge in [-0.15, -0.1) is 0 Å². The summed E-state index contributed by atoms with van der Waals surface area (Å²) in [5.41, 5.74) is 0.483. The molecular formula is C10H11N3O3. The first-order valence-corrected chi connectivity index (χ1v) is 4.93. The first-order chi connectivity index (χ1) is 7.65. The zero-order chi connectivity index (χ0) is 11.7. The molecule has 0 aliphatic carbocycles. The van der Waals surface area contributed by atoms with E-state index in [0.717, 1.165) is 0 Å². The summed E-state index contributed by atoms with van der Waals surface area (Å²) in [6.45, 7) is 1.72. The lowest BCUT2D eigenvalue weighted by Crippen LogP contribution is -2.27. The Morgan fingerprint density at radius 3 is 3.06 bits per heavy atom. The predicted octanol–water partition coefficient (Wildman–Crippen LogP) is 0.760. The van der Waals surface area contributed by atoms with Gasteiger partial charge >= 0.3 is 11.7 Å². The lowest BCUT2D eigenvalue weighted by atomic mass is 10.2. The summed E-state index contributed by atoms with van der Waals surface area (Å²) < 4.78 is 1.18. The van der Waals surface area contributed by atoms with Gasteiger partial charge in [-0.05, 0) is 18.6 Å². The van der Waals surface area contributed by atoms with E-state index in [1.54, 1.807) is 19.1 Å². The summed E-state index contributed by atoms with van der Waals surface area (Å²) in [4.78, 5) is 29.3. The van der Waals surface area contributed by atoms with Gasteiger partial charge in [0.05, 0.1) is 5.52 Å². The number of hydrogen-bond acceptors (Lipinski definition) is 3. The van der Waals surface area contributed by atoms with Crippen LogP contribution in [0.5, 0.6) is 0 Å². The number of nitrogens with zero attached hydrogens (tertiary/aromatic N) is 2. The quantitative estimate of drug-likeness (QED) is 0.800. The summed E-state index contributed by atoms with van der Waals surface area (Å²) in [5, 5.41) is 9.03. The van der Waals surface area contributed by atoms with Crippen LogP contribution >= 0.6 is 0 Å². The van der Waals surface area contributed by atoms with Crippen LogP contribution in [0.4, 0.5) is 0 Å². The fraction of sp³-hybridized carbons (Fsp3) is 0.300. The molecule has 2 N–H and O–H groups in total. The number of aromatic nitrogens is 3. The van der Waals surface area contributed by atoms with Gasteiger partial charge in [-0.3, -0.25) is 4.57 Å². The second kappa shape index (κ2) is 3.80. The van der Waals surface area contributed by atoms with Crippen LogP contribution in [-0.4, -0.2) is 25.6 Å². The van der Waals surface area contributed by atoms with E-state index in [1.165, 1.54) is 10.8 Å². The Balaban J connectivity index is 2.71. The van der Waals surface area contributed by atoms with E-state index in [1.807, 2.05) is 0 Å². The number of fused-ring (bicyclic) bond motifs is 1. The van der Waals surface area contributed by atoms with Crippen molar-refractivity contribution in [2.45, 2.75) is 19.4 Å². The molecule has 0 saturated heterocycles. The van der Waals surface area contributed by atoms with Gasteiger partial charge in [0.2, 0.25) is 0 Å². The predicted molar refractivity (Wildman–Crippen MR) is 57.3 cm³/mol. The number of nitrogens with one attached hydrogen (secondary N) is 1. The number of carboxylic acids is 1. The summed E-state index contributed by atoms with van der Waals surface area (Å²) in [6, 6.07) is 2.50. The largest absolute Gasteiger partial charge is 0.480 e. The Hall–Kier alpha value is -2.11. The number of carboxylic acid groups (broad SMARTS) is 1. The lowest BCUT2D eigenvalue weighted by molar-refractivity contribution is -0.141. The van der Waals surface area contributed by atoms with Gasteiger partial charge in [-0.2, -0.15) is 0 Å². The van der Waals surface area contributed by atoms with Crippen LogP contribution in [0.1, 0.15) is 19.4 Å². The summed E-state index contributed by atoms with van der Waals surface area (Å²) in [5.74, 6) is -1.03. The molecule has 1 atom stereocenters. The molecule has 0 aliphatic rings. The standard InChI is InChI=1S/C10H11N3O3/c1-2-7(9(14)15)13-8-6(12-10(13)16)4-3-5-11-8/h3-5,7H,2H2,1H3,(H,12,16)(H,14,15). The molecule has 0 aromatic carbocycles. The molecule has 0 fully saturated rings. The first kappa shape index (κ1) is 10.4. The van der Waals surface area contributed by atoms with Crippen molar-refractivity contribution in [3.8, 4) is 0 Å². The van der Waals surface area contributed by atoms with E-state index in [2.05, 4.69) is 9.97 Å². The van der Waals surface area contributed by atoms with Crippen LogP contribution in [0.25, 0.3) is 11.2 Å². The molecule has 2 aromatic rings. The Morgan fingerprint density at radius 1 is 1.69 bits per heavy atom. The third-order valence-corrected chi connectivity index (χ3v) is 2.46. The molecule has 16 heavy (non-hydrogen) atoms. The van der Waals surface area contributed by atoms with Crippen molar-refractivity contribution in [2.24, 2.45) is 0 Å². The van der Waals surface area contributed by atoms with Gasteiger partial charge in [0.25, 0.3) is 0 Å². The number of imidazole rings is 1. The van der Waals surface area contributed by atoms with E-state index in [0.29, 0.717) is 17.6 Å². The maximum atomic E-state index is 11.6. The highest BCUT2D eigenvalue weighted by molar-refractivity contribution is 5.76. The van der Waals surface area contributed by atoms with Crippen molar-refractivity contribution in [3.63, 3.8) is 0 Å². The molecule has 2 heterocycles. The number of hydrogen-bond donors (Lipinski definition) is 2. The zero-order valence-corrected chi connectivity index (χ0v) is 8.67. The fourth-order valence-corrected chi connectivity index (χ4v) is 1.71. The molecule has 2 aromatic heterocycles. The van der Waals surface area contributed by atoms with Gasteiger partial charge in [0.1, 0.15) is 6.04 Å². The van der Waals surface area contributed by atoms with Crippen LogP contribution in [-0.2, 0) is 4.79 Å². The Morgan fingerprint density at radius 2 is 2.44 bits per heavy atom. The molecule has 0 bridgehead atoms. The number of rotatable bonds is 3. The monoisotopic (exact) mass is 221 g/mol. The number of pyridine rings is 1. The minimum Gasteiger partial charge on any atom is -0.480 e. The zero-order valence-electron chi connectivity index (χ0n) is 8.67. The maximum absolute atomic E-state index is 11.6.